The molecule has 0 unspecified atom stereocenters. The number of nitrogens with zero attached hydrogens (tertiary/aromatic N) is 1. The molecule has 0 radical (unpaired) electrons. The molecule has 1 rings (SSSR count). The van der Waals surface area contributed by atoms with Gasteiger partial charge in [0.05, 0.1) is 0 Å². The van der Waals surface area contributed by atoms with Crippen LogP contribution in [-0.2, 0) is 4.79 Å². The highest BCUT2D eigenvalue weighted by atomic mass is 35.5. The molecule has 0 aromatic heterocycles. The molecule has 0 aromatic rings. The third-order valence-electron chi connectivity index (χ3n) is 2.57. The lowest BCUT2D eigenvalue weighted by Crippen LogP contribution is -2.35. The standard InChI is InChI=1S/C9H16ClNO/c1-11(9(12)6-7-10)8-4-2-3-5-8/h8H,2-7H2,1H3. The SMILES string of the molecule is CN(C(=O)CCCl)C1CCCC1. The van der Waals surface area contributed by atoms with E-state index < -0.39 is 0 Å². The van der Waals surface area contributed by atoms with E-state index in [2.05, 4.69) is 0 Å². The molecule has 0 bridgehead atoms. The fourth-order valence-electron chi connectivity index (χ4n) is 1.75. The second-order valence-electron chi connectivity index (χ2n) is 3.38. The molecule has 0 saturated heterocycles. The molecule has 1 fully saturated rings. The molecule has 2 nitrogen and oxygen atoms in total. The van der Waals surface area contributed by atoms with Crippen LogP contribution in [0.25, 0.3) is 0 Å². The van der Waals surface area contributed by atoms with Crippen LogP contribution in [-0.4, -0.2) is 29.8 Å². The third-order valence-corrected chi connectivity index (χ3v) is 2.76. The zero-order valence-electron chi connectivity index (χ0n) is 7.55. The summed E-state index contributed by atoms with van der Waals surface area (Å²) < 4.78 is 0. The number of rotatable bonds is 3. The van der Waals surface area contributed by atoms with Gasteiger partial charge < -0.3 is 4.90 Å². The quantitative estimate of drug-likeness (QED) is 0.623. The smallest absolute Gasteiger partial charge is 0.223 e. The summed E-state index contributed by atoms with van der Waals surface area (Å²) in [6.45, 7) is 0. The molecule has 12 heavy (non-hydrogen) atoms. The molecule has 0 heterocycles. The van der Waals surface area contributed by atoms with Crippen LogP contribution in [0.4, 0.5) is 0 Å². The molecule has 0 atom stereocenters. The van der Waals surface area contributed by atoms with Gasteiger partial charge in [-0.3, -0.25) is 4.79 Å². The Morgan fingerprint density at radius 3 is 2.58 bits per heavy atom. The van der Waals surface area contributed by atoms with Crippen LogP contribution in [0.5, 0.6) is 0 Å². The van der Waals surface area contributed by atoms with Crippen molar-refractivity contribution in [3.8, 4) is 0 Å². The van der Waals surface area contributed by atoms with Crippen molar-refractivity contribution in [1.29, 1.82) is 0 Å². The average molecular weight is 190 g/mol. The molecule has 70 valence electrons. The topological polar surface area (TPSA) is 20.3 Å². The highest BCUT2D eigenvalue weighted by Gasteiger charge is 2.22. The van der Waals surface area contributed by atoms with E-state index in [9.17, 15) is 4.79 Å². The Balaban J connectivity index is 2.34. The van der Waals surface area contributed by atoms with E-state index >= 15 is 0 Å². The lowest BCUT2D eigenvalue weighted by molar-refractivity contribution is -0.131. The van der Waals surface area contributed by atoms with Crippen LogP contribution < -0.4 is 0 Å². The van der Waals surface area contributed by atoms with Gasteiger partial charge in [0.25, 0.3) is 0 Å². The summed E-state index contributed by atoms with van der Waals surface area (Å²) >= 11 is 5.50. The maximum Gasteiger partial charge on any atom is 0.223 e. The molecule has 1 amide bonds. The molecule has 3 heteroatoms. The lowest BCUT2D eigenvalue weighted by atomic mass is 10.2. The Morgan fingerprint density at radius 1 is 1.50 bits per heavy atom. The number of halogens is 1. The summed E-state index contributed by atoms with van der Waals surface area (Å²) in [6.07, 6.45) is 5.36. The monoisotopic (exact) mass is 189 g/mol. The number of hydrogen-bond acceptors (Lipinski definition) is 1. The van der Waals surface area contributed by atoms with Crippen molar-refractivity contribution in [3.05, 3.63) is 0 Å². The summed E-state index contributed by atoms with van der Waals surface area (Å²) in [4.78, 5) is 13.2. The molecule has 1 aliphatic carbocycles. The first-order chi connectivity index (χ1) is 5.75. The van der Waals surface area contributed by atoms with Gasteiger partial charge in [-0.25, -0.2) is 0 Å². The zero-order valence-corrected chi connectivity index (χ0v) is 8.31. The number of hydrogen-bond donors (Lipinski definition) is 0. The minimum atomic E-state index is 0.192. The first-order valence-electron chi connectivity index (χ1n) is 4.57. The van der Waals surface area contributed by atoms with E-state index in [-0.39, 0.29) is 5.91 Å². The largest absolute Gasteiger partial charge is 0.343 e. The maximum absolute atomic E-state index is 11.4. The van der Waals surface area contributed by atoms with Gasteiger partial charge in [0.2, 0.25) is 5.91 Å². The number of alkyl halides is 1. The molecular formula is C9H16ClNO. The van der Waals surface area contributed by atoms with E-state index in [1.807, 2.05) is 11.9 Å². The lowest BCUT2D eigenvalue weighted by Gasteiger charge is -2.23. The first-order valence-corrected chi connectivity index (χ1v) is 5.10. The highest BCUT2D eigenvalue weighted by molar-refractivity contribution is 6.18. The second kappa shape index (κ2) is 4.70. The molecule has 0 aliphatic heterocycles. The van der Waals surface area contributed by atoms with Crippen molar-refractivity contribution < 1.29 is 4.79 Å². The average Bonchev–Trinajstić information content (AvgIpc) is 2.55. The van der Waals surface area contributed by atoms with Gasteiger partial charge in [-0.15, -0.1) is 11.6 Å². The van der Waals surface area contributed by atoms with Crippen LogP contribution >= 0.6 is 11.6 Å². The number of amides is 1. The van der Waals surface area contributed by atoms with Gasteiger partial charge >= 0.3 is 0 Å². The van der Waals surface area contributed by atoms with Crippen molar-refractivity contribution in [1.82, 2.24) is 4.90 Å². The minimum Gasteiger partial charge on any atom is -0.343 e. The summed E-state index contributed by atoms with van der Waals surface area (Å²) in [5, 5.41) is 0. The number of carbonyl (C=O) groups excluding carboxylic acids is 1. The number of carbonyl (C=O) groups is 1. The van der Waals surface area contributed by atoms with Crippen LogP contribution in [0.15, 0.2) is 0 Å². The van der Waals surface area contributed by atoms with Crippen LogP contribution in [0.2, 0.25) is 0 Å². The zero-order chi connectivity index (χ0) is 8.97. The van der Waals surface area contributed by atoms with Crippen molar-refractivity contribution in [2.45, 2.75) is 38.1 Å². The fraction of sp³-hybridized carbons (Fsp3) is 0.889. The molecule has 0 aromatic carbocycles. The summed E-state index contributed by atoms with van der Waals surface area (Å²) in [6, 6.07) is 0.487. The van der Waals surface area contributed by atoms with Crippen molar-refractivity contribution in [3.63, 3.8) is 0 Å². The Kier molecular flexibility index (Phi) is 3.86. The van der Waals surface area contributed by atoms with E-state index in [0.717, 1.165) is 0 Å². The summed E-state index contributed by atoms with van der Waals surface area (Å²) in [7, 11) is 1.89. The minimum absolute atomic E-state index is 0.192. The highest BCUT2D eigenvalue weighted by Crippen LogP contribution is 2.22. The molecule has 0 N–H and O–H groups in total. The van der Waals surface area contributed by atoms with E-state index in [0.29, 0.717) is 18.3 Å². The normalized spacial score (nSPS) is 18.2. The Labute approximate surface area is 78.9 Å². The van der Waals surface area contributed by atoms with Gasteiger partial charge in [-0.05, 0) is 12.8 Å². The van der Waals surface area contributed by atoms with Crippen LogP contribution in [0.3, 0.4) is 0 Å². The van der Waals surface area contributed by atoms with E-state index in [1.165, 1.54) is 25.7 Å². The van der Waals surface area contributed by atoms with Gasteiger partial charge in [0.15, 0.2) is 0 Å². The predicted molar refractivity (Wildman–Crippen MR) is 50.4 cm³/mol. The van der Waals surface area contributed by atoms with Crippen molar-refractivity contribution in [2.24, 2.45) is 0 Å². The van der Waals surface area contributed by atoms with E-state index in [1.54, 1.807) is 0 Å². The fourth-order valence-corrected chi connectivity index (χ4v) is 1.91. The Bertz CT molecular complexity index is 155. The Morgan fingerprint density at radius 2 is 2.08 bits per heavy atom. The van der Waals surface area contributed by atoms with Gasteiger partial charge in [-0.1, -0.05) is 12.8 Å². The van der Waals surface area contributed by atoms with Crippen molar-refractivity contribution in [2.75, 3.05) is 12.9 Å². The van der Waals surface area contributed by atoms with E-state index in [4.69, 9.17) is 11.6 Å². The van der Waals surface area contributed by atoms with Gasteiger partial charge in [0.1, 0.15) is 0 Å². The summed E-state index contributed by atoms with van der Waals surface area (Å²) in [5.41, 5.74) is 0. The molecular weight excluding hydrogens is 174 g/mol. The molecule has 0 spiro atoms. The van der Waals surface area contributed by atoms with Crippen LogP contribution in [0.1, 0.15) is 32.1 Å². The molecule has 1 aliphatic rings. The second-order valence-corrected chi connectivity index (χ2v) is 3.76. The predicted octanol–water partition coefficient (Wildman–Crippen LogP) is 2.02. The van der Waals surface area contributed by atoms with Crippen molar-refractivity contribution >= 4 is 17.5 Å². The third kappa shape index (κ3) is 2.37. The Hall–Kier alpha value is -0.240. The maximum atomic E-state index is 11.4. The van der Waals surface area contributed by atoms with Crippen LogP contribution in [0, 0.1) is 0 Å². The van der Waals surface area contributed by atoms with Gasteiger partial charge in [0, 0.05) is 25.4 Å². The molecule has 1 saturated carbocycles. The summed E-state index contributed by atoms with van der Waals surface area (Å²) in [5.74, 6) is 0.632. The van der Waals surface area contributed by atoms with Gasteiger partial charge in [-0.2, -0.15) is 0 Å². The first kappa shape index (κ1) is 9.85.